The van der Waals surface area contributed by atoms with Gasteiger partial charge in [-0.2, -0.15) is 0 Å². The predicted molar refractivity (Wildman–Crippen MR) is 113 cm³/mol. The number of amides is 1. The van der Waals surface area contributed by atoms with Crippen molar-refractivity contribution in [3.8, 4) is 5.75 Å². The minimum absolute atomic E-state index is 0.00481. The number of benzene rings is 1. The zero-order chi connectivity index (χ0) is 21.4. The zero-order valence-electron chi connectivity index (χ0n) is 16.8. The highest BCUT2D eigenvalue weighted by molar-refractivity contribution is 7.09. The number of carbonyl (C=O) groups is 2. The number of rotatable bonds is 5. The summed E-state index contributed by atoms with van der Waals surface area (Å²) >= 11 is 1.49. The standard InChI is InChI=1S/C23H21NO5S/c1-13-10-14(2)22(28-3)16(11-13)20(25)18-19(17-7-4-8-29-17)24(23(27)21(18)26)12-15-6-5-9-30-15/h4-11,19,25H,12H2,1-3H3/b20-18-. The molecule has 2 aromatic heterocycles. The SMILES string of the molecule is COc1c(C)cc(C)cc1/C(O)=C1/C(=O)C(=O)N(Cc2cccs2)C1c1ccco1. The number of carbonyl (C=O) groups excluding carboxylic acids is 2. The van der Waals surface area contributed by atoms with E-state index < -0.39 is 17.7 Å². The van der Waals surface area contributed by atoms with Crippen molar-refractivity contribution in [1.82, 2.24) is 4.90 Å². The summed E-state index contributed by atoms with van der Waals surface area (Å²) in [7, 11) is 1.51. The lowest BCUT2D eigenvalue weighted by Gasteiger charge is -2.23. The molecule has 1 aliphatic rings. The maximum Gasteiger partial charge on any atom is 0.296 e. The Morgan fingerprint density at radius 2 is 2.03 bits per heavy atom. The first-order valence-corrected chi connectivity index (χ1v) is 10.3. The Morgan fingerprint density at radius 1 is 1.23 bits per heavy atom. The number of thiophene rings is 1. The van der Waals surface area contributed by atoms with Gasteiger partial charge in [0.15, 0.2) is 0 Å². The van der Waals surface area contributed by atoms with Gasteiger partial charge in [-0.05, 0) is 54.6 Å². The van der Waals surface area contributed by atoms with Gasteiger partial charge in [-0.3, -0.25) is 9.59 Å². The molecule has 1 N–H and O–H groups in total. The van der Waals surface area contributed by atoms with Crippen LogP contribution in [0, 0.1) is 13.8 Å². The van der Waals surface area contributed by atoms with Gasteiger partial charge in [0.05, 0.1) is 31.1 Å². The Morgan fingerprint density at radius 3 is 2.67 bits per heavy atom. The summed E-state index contributed by atoms with van der Waals surface area (Å²) in [5, 5.41) is 13.2. The van der Waals surface area contributed by atoms with Gasteiger partial charge in [-0.15, -0.1) is 11.3 Å². The number of aliphatic hydroxyl groups is 1. The van der Waals surface area contributed by atoms with Crippen LogP contribution < -0.4 is 4.74 Å². The summed E-state index contributed by atoms with van der Waals surface area (Å²) in [5.74, 6) is -0.815. The van der Waals surface area contributed by atoms with E-state index in [1.807, 2.05) is 37.4 Å². The highest BCUT2D eigenvalue weighted by Gasteiger charge is 2.47. The van der Waals surface area contributed by atoms with Crippen LogP contribution in [-0.4, -0.2) is 28.8 Å². The molecule has 30 heavy (non-hydrogen) atoms. The Bertz CT molecular complexity index is 1130. The lowest BCUT2D eigenvalue weighted by Crippen LogP contribution is -2.28. The summed E-state index contributed by atoms with van der Waals surface area (Å²) in [6.07, 6.45) is 1.48. The molecular formula is C23H21NO5S. The molecule has 1 atom stereocenters. The third-order valence-electron chi connectivity index (χ3n) is 5.14. The van der Waals surface area contributed by atoms with E-state index in [0.717, 1.165) is 16.0 Å². The van der Waals surface area contributed by atoms with Crippen molar-refractivity contribution < 1.29 is 23.8 Å². The third kappa shape index (κ3) is 3.31. The second-order valence-electron chi connectivity index (χ2n) is 7.18. The molecule has 4 rings (SSSR count). The van der Waals surface area contributed by atoms with Crippen molar-refractivity contribution in [2.75, 3.05) is 7.11 Å². The van der Waals surface area contributed by atoms with Crippen molar-refractivity contribution in [2.24, 2.45) is 0 Å². The molecule has 154 valence electrons. The number of hydrogen-bond donors (Lipinski definition) is 1. The number of likely N-dealkylation sites (tertiary alicyclic amines) is 1. The van der Waals surface area contributed by atoms with Crippen molar-refractivity contribution in [3.05, 3.63) is 80.9 Å². The van der Waals surface area contributed by atoms with Gasteiger partial charge in [0, 0.05) is 4.88 Å². The first kappa shape index (κ1) is 20.0. The highest BCUT2D eigenvalue weighted by Crippen LogP contribution is 2.42. The van der Waals surface area contributed by atoms with E-state index in [2.05, 4.69) is 0 Å². The first-order chi connectivity index (χ1) is 14.4. The van der Waals surface area contributed by atoms with Crippen LogP contribution in [0.5, 0.6) is 5.75 Å². The van der Waals surface area contributed by atoms with Gasteiger partial charge in [-0.1, -0.05) is 12.1 Å². The summed E-state index contributed by atoms with van der Waals surface area (Å²) in [6, 6.07) is 10.0. The Labute approximate surface area is 178 Å². The number of Topliss-reactive ketones (excluding diaryl/α,β-unsaturated/α-hetero) is 1. The van der Waals surface area contributed by atoms with E-state index in [1.54, 1.807) is 18.2 Å². The molecule has 6 nitrogen and oxygen atoms in total. The van der Waals surface area contributed by atoms with Crippen molar-refractivity contribution >= 4 is 28.8 Å². The largest absolute Gasteiger partial charge is 0.507 e. The summed E-state index contributed by atoms with van der Waals surface area (Å²) < 4.78 is 11.1. The molecule has 0 bridgehead atoms. The lowest BCUT2D eigenvalue weighted by atomic mass is 9.96. The Balaban J connectivity index is 1.91. The quantitative estimate of drug-likeness (QED) is 0.369. The van der Waals surface area contributed by atoms with Crippen LogP contribution in [0.4, 0.5) is 0 Å². The fourth-order valence-corrected chi connectivity index (χ4v) is 4.61. The van der Waals surface area contributed by atoms with Gasteiger partial charge in [0.2, 0.25) is 0 Å². The molecule has 7 heteroatoms. The highest BCUT2D eigenvalue weighted by atomic mass is 32.1. The number of furan rings is 1. The fraction of sp³-hybridized carbons (Fsp3) is 0.217. The molecule has 1 unspecified atom stereocenters. The molecular weight excluding hydrogens is 402 g/mol. The first-order valence-electron chi connectivity index (χ1n) is 9.42. The van der Waals surface area contributed by atoms with Gasteiger partial charge in [0.25, 0.3) is 11.7 Å². The monoisotopic (exact) mass is 423 g/mol. The molecule has 0 saturated carbocycles. The van der Waals surface area contributed by atoms with Crippen molar-refractivity contribution in [1.29, 1.82) is 0 Å². The number of nitrogens with zero attached hydrogens (tertiary/aromatic N) is 1. The smallest absolute Gasteiger partial charge is 0.296 e. The van der Waals surface area contributed by atoms with Gasteiger partial charge in [-0.25, -0.2) is 0 Å². The normalized spacial score (nSPS) is 18.2. The second kappa shape index (κ2) is 7.84. The van der Waals surface area contributed by atoms with Crippen molar-refractivity contribution in [2.45, 2.75) is 26.4 Å². The molecule has 1 aliphatic heterocycles. The van der Waals surface area contributed by atoms with Crippen LogP contribution in [0.25, 0.3) is 5.76 Å². The zero-order valence-corrected chi connectivity index (χ0v) is 17.7. The average Bonchev–Trinajstić information content (AvgIpc) is 3.46. The second-order valence-corrected chi connectivity index (χ2v) is 8.22. The molecule has 3 heterocycles. The fourth-order valence-electron chi connectivity index (χ4n) is 3.90. The van der Waals surface area contributed by atoms with E-state index in [1.165, 1.54) is 29.6 Å². The molecule has 3 aromatic rings. The molecule has 0 aliphatic carbocycles. The molecule has 0 spiro atoms. The van der Waals surface area contributed by atoms with Crippen LogP contribution in [0.3, 0.4) is 0 Å². The van der Waals surface area contributed by atoms with E-state index in [0.29, 0.717) is 17.1 Å². The maximum atomic E-state index is 13.0. The maximum absolute atomic E-state index is 13.0. The van der Waals surface area contributed by atoms with Gasteiger partial charge < -0.3 is 19.2 Å². The predicted octanol–water partition coefficient (Wildman–Crippen LogP) is 4.59. The summed E-state index contributed by atoms with van der Waals surface area (Å²) in [6.45, 7) is 4.00. The minimum Gasteiger partial charge on any atom is -0.507 e. The van der Waals surface area contributed by atoms with Crippen LogP contribution in [0.2, 0.25) is 0 Å². The van der Waals surface area contributed by atoms with Crippen LogP contribution in [0.1, 0.15) is 33.4 Å². The molecule has 0 radical (unpaired) electrons. The average molecular weight is 423 g/mol. The number of aryl methyl sites for hydroxylation is 2. The van der Waals surface area contributed by atoms with Gasteiger partial charge in [0.1, 0.15) is 23.3 Å². The Kier molecular flexibility index (Phi) is 5.22. The van der Waals surface area contributed by atoms with E-state index >= 15 is 0 Å². The molecule has 1 fully saturated rings. The van der Waals surface area contributed by atoms with Crippen molar-refractivity contribution in [3.63, 3.8) is 0 Å². The number of ketones is 1. The molecule has 1 saturated heterocycles. The Hall–Kier alpha value is -3.32. The van der Waals surface area contributed by atoms with E-state index in [9.17, 15) is 14.7 Å². The van der Waals surface area contributed by atoms with Gasteiger partial charge >= 0.3 is 0 Å². The lowest BCUT2D eigenvalue weighted by molar-refractivity contribution is -0.140. The summed E-state index contributed by atoms with van der Waals surface area (Å²) in [4.78, 5) is 28.3. The summed E-state index contributed by atoms with van der Waals surface area (Å²) in [5.41, 5.74) is 2.09. The van der Waals surface area contributed by atoms with E-state index in [4.69, 9.17) is 9.15 Å². The number of ether oxygens (including phenoxy) is 1. The van der Waals surface area contributed by atoms with Crippen LogP contribution >= 0.6 is 11.3 Å². The number of aliphatic hydroxyl groups excluding tert-OH is 1. The van der Waals surface area contributed by atoms with E-state index in [-0.39, 0.29) is 17.9 Å². The van der Waals surface area contributed by atoms with Crippen LogP contribution in [-0.2, 0) is 16.1 Å². The molecule has 1 aromatic carbocycles. The minimum atomic E-state index is -0.826. The third-order valence-corrected chi connectivity index (χ3v) is 6.00. The number of methoxy groups -OCH3 is 1. The number of hydrogen-bond acceptors (Lipinski definition) is 6. The van der Waals surface area contributed by atoms with Crippen LogP contribution in [0.15, 0.2) is 58.0 Å². The molecule has 1 amide bonds. The topological polar surface area (TPSA) is 80.0 Å².